The number of carboxylic acids is 2. The normalized spacial score (nSPS) is 11.5. The number of benzene rings is 1. The summed E-state index contributed by atoms with van der Waals surface area (Å²) in [5.74, 6) is -2.40. The van der Waals surface area contributed by atoms with Crippen LogP contribution in [0.2, 0.25) is 0 Å². The van der Waals surface area contributed by atoms with E-state index >= 15 is 0 Å². The maximum Gasteiger partial charge on any atom is 0.326 e. The molecule has 1 atom stereocenters. The van der Waals surface area contributed by atoms with Crippen LogP contribution in [0.4, 0.5) is 10.5 Å². The molecule has 0 aliphatic carbocycles. The molecule has 0 spiro atoms. The second-order valence-electron chi connectivity index (χ2n) is 4.38. The van der Waals surface area contributed by atoms with Gasteiger partial charge < -0.3 is 20.8 Å². The molecule has 114 valence electrons. The maximum absolute atomic E-state index is 11.8. The third-order valence-corrected chi connectivity index (χ3v) is 3.18. The van der Waals surface area contributed by atoms with E-state index in [0.29, 0.717) is 5.69 Å². The molecule has 21 heavy (non-hydrogen) atoms. The Morgan fingerprint density at radius 3 is 2.48 bits per heavy atom. The smallest absolute Gasteiger partial charge is 0.326 e. The van der Waals surface area contributed by atoms with Crippen molar-refractivity contribution >= 4 is 39.6 Å². The zero-order chi connectivity index (χ0) is 16.0. The summed E-state index contributed by atoms with van der Waals surface area (Å²) in [5, 5.41) is 22.3. The molecule has 0 aliphatic heterocycles. The monoisotopic (exact) mass is 358 g/mol. The number of hydrogen-bond acceptors (Lipinski definition) is 3. The number of aryl methyl sites for hydroxylation is 1. The Labute approximate surface area is 129 Å². The Hall–Kier alpha value is -2.09. The largest absolute Gasteiger partial charge is 0.481 e. The van der Waals surface area contributed by atoms with E-state index in [4.69, 9.17) is 10.2 Å². The van der Waals surface area contributed by atoms with Gasteiger partial charge in [0.15, 0.2) is 0 Å². The van der Waals surface area contributed by atoms with Crippen LogP contribution in [0.1, 0.15) is 18.4 Å². The van der Waals surface area contributed by atoms with Crippen LogP contribution in [0.3, 0.4) is 0 Å². The fraction of sp³-hybridized carbons (Fsp3) is 0.308. The van der Waals surface area contributed by atoms with Gasteiger partial charge in [0.25, 0.3) is 0 Å². The molecule has 2 amide bonds. The van der Waals surface area contributed by atoms with Crippen molar-refractivity contribution in [1.82, 2.24) is 5.32 Å². The summed E-state index contributed by atoms with van der Waals surface area (Å²) in [5.41, 5.74) is 1.34. The molecule has 0 fully saturated rings. The Morgan fingerprint density at radius 1 is 1.29 bits per heavy atom. The molecular formula is C13H15BrN2O5. The standard InChI is InChI=1S/C13H15BrN2O5/c1-7-6-8(14)2-3-9(7)15-13(21)16-10(12(19)20)4-5-11(17)18/h2-3,6,10H,4-5H2,1H3,(H,17,18)(H,19,20)(H2,15,16,21)/t10-/m0/s1. The summed E-state index contributed by atoms with van der Waals surface area (Å²) >= 11 is 3.29. The highest BCUT2D eigenvalue weighted by molar-refractivity contribution is 9.10. The first-order chi connectivity index (χ1) is 9.79. The van der Waals surface area contributed by atoms with Crippen molar-refractivity contribution in [3.05, 3.63) is 28.2 Å². The lowest BCUT2D eigenvalue weighted by Gasteiger charge is -2.15. The summed E-state index contributed by atoms with van der Waals surface area (Å²) in [4.78, 5) is 33.2. The predicted octanol–water partition coefficient (Wildman–Crippen LogP) is 2.20. The van der Waals surface area contributed by atoms with Gasteiger partial charge in [-0.05, 0) is 37.1 Å². The van der Waals surface area contributed by atoms with E-state index in [1.807, 2.05) is 0 Å². The second kappa shape index (κ2) is 7.63. The van der Waals surface area contributed by atoms with E-state index in [-0.39, 0.29) is 12.8 Å². The third-order valence-electron chi connectivity index (χ3n) is 2.69. The molecule has 0 unspecified atom stereocenters. The number of nitrogens with one attached hydrogen (secondary N) is 2. The van der Waals surface area contributed by atoms with Gasteiger partial charge >= 0.3 is 18.0 Å². The van der Waals surface area contributed by atoms with Crippen molar-refractivity contribution in [1.29, 1.82) is 0 Å². The molecule has 0 bridgehead atoms. The minimum Gasteiger partial charge on any atom is -0.481 e. The Bertz CT molecular complexity index is 561. The van der Waals surface area contributed by atoms with E-state index in [9.17, 15) is 14.4 Å². The van der Waals surface area contributed by atoms with Crippen LogP contribution in [0, 0.1) is 6.92 Å². The minimum absolute atomic E-state index is 0.183. The topological polar surface area (TPSA) is 116 Å². The lowest BCUT2D eigenvalue weighted by molar-refractivity contribution is -0.140. The highest BCUT2D eigenvalue weighted by Gasteiger charge is 2.21. The average molecular weight is 359 g/mol. The van der Waals surface area contributed by atoms with Gasteiger partial charge in [0, 0.05) is 16.6 Å². The first-order valence-electron chi connectivity index (χ1n) is 6.08. The summed E-state index contributed by atoms with van der Waals surface area (Å²) in [6.07, 6.45) is -0.522. The summed E-state index contributed by atoms with van der Waals surface area (Å²) < 4.78 is 0.857. The van der Waals surface area contributed by atoms with Crippen molar-refractivity contribution in [2.45, 2.75) is 25.8 Å². The fourth-order valence-corrected chi connectivity index (χ4v) is 2.08. The molecule has 1 aromatic rings. The van der Waals surface area contributed by atoms with Crippen LogP contribution in [0.5, 0.6) is 0 Å². The fourth-order valence-electron chi connectivity index (χ4n) is 1.61. The van der Waals surface area contributed by atoms with Gasteiger partial charge in [-0.25, -0.2) is 9.59 Å². The van der Waals surface area contributed by atoms with Crippen LogP contribution in [-0.4, -0.2) is 34.2 Å². The number of anilines is 1. The van der Waals surface area contributed by atoms with Crippen LogP contribution < -0.4 is 10.6 Å². The molecule has 8 heteroatoms. The molecule has 1 aromatic carbocycles. The molecule has 1 rings (SSSR count). The Kier molecular flexibility index (Phi) is 6.16. The first-order valence-corrected chi connectivity index (χ1v) is 6.87. The van der Waals surface area contributed by atoms with Gasteiger partial charge in [-0.15, -0.1) is 0 Å². The average Bonchev–Trinajstić information content (AvgIpc) is 2.37. The Balaban J connectivity index is 2.65. The number of rotatable bonds is 6. The maximum atomic E-state index is 11.8. The molecule has 0 aromatic heterocycles. The number of carbonyl (C=O) groups is 3. The molecule has 4 N–H and O–H groups in total. The minimum atomic E-state index is -1.28. The zero-order valence-electron chi connectivity index (χ0n) is 11.2. The highest BCUT2D eigenvalue weighted by atomic mass is 79.9. The van der Waals surface area contributed by atoms with Crippen LogP contribution >= 0.6 is 15.9 Å². The third kappa shape index (κ3) is 5.82. The summed E-state index contributed by atoms with van der Waals surface area (Å²) in [6.45, 7) is 1.79. The SMILES string of the molecule is Cc1cc(Br)ccc1NC(=O)N[C@@H](CCC(=O)O)C(=O)O. The highest BCUT2D eigenvalue weighted by Crippen LogP contribution is 2.19. The van der Waals surface area contributed by atoms with Gasteiger partial charge in [0.2, 0.25) is 0 Å². The number of aliphatic carboxylic acids is 2. The van der Waals surface area contributed by atoms with Gasteiger partial charge in [0.1, 0.15) is 6.04 Å². The van der Waals surface area contributed by atoms with Gasteiger partial charge in [0.05, 0.1) is 0 Å². The van der Waals surface area contributed by atoms with Crippen molar-refractivity contribution in [3.8, 4) is 0 Å². The van der Waals surface area contributed by atoms with Crippen LogP contribution in [0.25, 0.3) is 0 Å². The molecule has 0 radical (unpaired) electrons. The quantitative estimate of drug-likeness (QED) is 0.622. The predicted molar refractivity (Wildman–Crippen MR) is 79.3 cm³/mol. The Morgan fingerprint density at radius 2 is 1.95 bits per heavy atom. The second-order valence-corrected chi connectivity index (χ2v) is 5.30. The van der Waals surface area contributed by atoms with Crippen molar-refractivity contribution in [3.63, 3.8) is 0 Å². The molecule has 0 saturated heterocycles. The first kappa shape index (κ1) is 17.0. The van der Waals surface area contributed by atoms with Crippen LogP contribution in [0.15, 0.2) is 22.7 Å². The van der Waals surface area contributed by atoms with Crippen molar-refractivity contribution in [2.24, 2.45) is 0 Å². The van der Waals surface area contributed by atoms with E-state index in [2.05, 4.69) is 26.6 Å². The van der Waals surface area contributed by atoms with E-state index in [1.165, 1.54) is 0 Å². The molecule has 0 aliphatic rings. The van der Waals surface area contributed by atoms with E-state index in [0.717, 1.165) is 10.0 Å². The van der Waals surface area contributed by atoms with Gasteiger partial charge in [-0.3, -0.25) is 4.79 Å². The number of hydrogen-bond donors (Lipinski definition) is 4. The number of amides is 2. The summed E-state index contributed by atoms with van der Waals surface area (Å²) in [6, 6.07) is 3.26. The zero-order valence-corrected chi connectivity index (χ0v) is 12.8. The number of carbonyl (C=O) groups excluding carboxylic acids is 1. The van der Waals surface area contributed by atoms with Crippen molar-refractivity contribution in [2.75, 3.05) is 5.32 Å². The number of carboxylic acid groups (broad SMARTS) is 2. The lowest BCUT2D eigenvalue weighted by Crippen LogP contribution is -2.43. The molecule has 0 heterocycles. The number of urea groups is 1. The summed E-state index contributed by atoms with van der Waals surface area (Å²) in [7, 11) is 0. The molecule has 0 saturated carbocycles. The van der Waals surface area contributed by atoms with Gasteiger partial charge in [-0.1, -0.05) is 15.9 Å². The molecular weight excluding hydrogens is 344 g/mol. The van der Waals surface area contributed by atoms with E-state index in [1.54, 1.807) is 25.1 Å². The van der Waals surface area contributed by atoms with E-state index < -0.39 is 24.0 Å². The number of halogens is 1. The van der Waals surface area contributed by atoms with Crippen molar-refractivity contribution < 1.29 is 24.6 Å². The molecule has 7 nitrogen and oxygen atoms in total. The van der Waals surface area contributed by atoms with Crippen LogP contribution in [-0.2, 0) is 9.59 Å². The lowest BCUT2D eigenvalue weighted by atomic mass is 10.1. The van der Waals surface area contributed by atoms with Gasteiger partial charge in [-0.2, -0.15) is 0 Å².